The minimum absolute atomic E-state index is 0.0867. The van der Waals surface area contributed by atoms with Gasteiger partial charge in [0.05, 0.1) is 17.3 Å². The van der Waals surface area contributed by atoms with Crippen LogP contribution in [0.25, 0.3) is 0 Å². The fraction of sp³-hybridized carbons (Fsp3) is 0.312. The van der Waals surface area contributed by atoms with Gasteiger partial charge in [0, 0.05) is 24.6 Å². The van der Waals surface area contributed by atoms with E-state index in [0.29, 0.717) is 30.2 Å². The third-order valence-electron chi connectivity index (χ3n) is 6.11. The number of hydrogen-bond donors (Lipinski definition) is 3. The zero-order valence-electron chi connectivity index (χ0n) is 23.6. The molecule has 0 aliphatic heterocycles. The Morgan fingerprint density at radius 3 is 2.41 bits per heavy atom. The number of nitrogens with zero attached hydrogens (tertiary/aromatic N) is 1. The van der Waals surface area contributed by atoms with Crippen LogP contribution in [0.3, 0.4) is 0 Å². The molecule has 0 spiro atoms. The van der Waals surface area contributed by atoms with Crippen LogP contribution in [0.4, 0.5) is 23.2 Å². The topological polar surface area (TPSA) is 80.0 Å². The molecule has 0 amide bonds. The fourth-order valence-electron chi connectivity index (χ4n) is 3.74. The summed E-state index contributed by atoms with van der Waals surface area (Å²) in [4.78, 5) is 15.0. The zero-order valence-corrected chi connectivity index (χ0v) is 23.6. The van der Waals surface area contributed by atoms with E-state index in [9.17, 15) is 22.4 Å². The summed E-state index contributed by atoms with van der Waals surface area (Å²) >= 11 is 0. The van der Waals surface area contributed by atoms with Crippen molar-refractivity contribution >= 4 is 12.0 Å². The van der Waals surface area contributed by atoms with Crippen molar-refractivity contribution in [2.75, 3.05) is 11.9 Å². The molecule has 1 unspecified atom stereocenters. The quantitative estimate of drug-likeness (QED) is 0.102. The first kappa shape index (κ1) is 33.4. The van der Waals surface area contributed by atoms with Gasteiger partial charge in [-0.3, -0.25) is 9.78 Å². The highest BCUT2D eigenvalue weighted by molar-refractivity contribution is 5.79. The molecular weight excluding hydrogens is 532 g/mol. The molecule has 41 heavy (non-hydrogen) atoms. The number of anilines is 1. The summed E-state index contributed by atoms with van der Waals surface area (Å²) in [5, 5.41) is 6.18. The zero-order chi connectivity index (χ0) is 30.4. The molecular formula is C32H38F4N4O. The Balaban J connectivity index is 0.000000271. The Morgan fingerprint density at radius 2 is 1.85 bits per heavy atom. The van der Waals surface area contributed by atoms with Gasteiger partial charge in [0.2, 0.25) is 0 Å². The second-order valence-electron chi connectivity index (χ2n) is 9.35. The summed E-state index contributed by atoms with van der Waals surface area (Å²) in [5.74, 6) is 0.650. The first-order chi connectivity index (χ1) is 19.6. The van der Waals surface area contributed by atoms with E-state index >= 15 is 0 Å². The average Bonchev–Trinajstić information content (AvgIpc) is 3.81. The second kappa shape index (κ2) is 16.4. The number of alkyl halides is 3. The van der Waals surface area contributed by atoms with Gasteiger partial charge in [-0.15, -0.1) is 0 Å². The van der Waals surface area contributed by atoms with Gasteiger partial charge in [-0.1, -0.05) is 50.8 Å². The highest BCUT2D eigenvalue weighted by atomic mass is 19.4. The molecule has 2 aromatic carbocycles. The highest BCUT2D eigenvalue weighted by Crippen LogP contribution is 2.30. The molecule has 1 saturated carbocycles. The van der Waals surface area contributed by atoms with Crippen LogP contribution in [0.1, 0.15) is 55.0 Å². The van der Waals surface area contributed by atoms with E-state index in [2.05, 4.69) is 28.3 Å². The minimum Gasteiger partial charge on any atom is -0.353 e. The minimum atomic E-state index is -4.56. The lowest BCUT2D eigenvalue weighted by Gasteiger charge is -2.20. The van der Waals surface area contributed by atoms with Crippen molar-refractivity contribution in [1.82, 2.24) is 10.3 Å². The number of nitrogens with two attached hydrogens (primary N) is 1. The summed E-state index contributed by atoms with van der Waals surface area (Å²) in [6.45, 7) is 9.98. The number of carbonyl (C=O) groups excluding carboxylic acids is 1. The average molecular weight is 571 g/mol. The molecule has 1 aromatic heterocycles. The molecule has 1 fully saturated rings. The second-order valence-corrected chi connectivity index (χ2v) is 9.35. The summed E-state index contributed by atoms with van der Waals surface area (Å²) in [6, 6.07) is 16.1. The number of allylic oxidation sites excluding steroid dienone is 3. The summed E-state index contributed by atoms with van der Waals surface area (Å²) < 4.78 is 50.4. The number of pyridine rings is 1. The van der Waals surface area contributed by atoms with Crippen molar-refractivity contribution < 1.29 is 22.4 Å². The van der Waals surface area contributed by atoms with Gasteiger partial charge in [-0.05, 0) is 84.8 Å². The van der Waals surface area contributed by atoms with E-state index in [-0.39, 0.29) is 17.6 Å². The molecule has 3 aromatic rings. The Labute approximate surface area is 239 Å². The molecule has 1 heterocycles. The fourth-order valence-corrected chi connectivity index (χ4v) is 3.74. The number of carbonyl (C=O) groups is 1. The van der Waals surface area contributed by atoms with Crippen molar-refractivity contribution in [3.8, 4) is 0 Å². The summed E-state index contributed by atoms with van der Waals surface area (Å²) in [5.41, 5.74) is 8.30. The Hall–Kier alpha value is -3.82. The predicted octanol–water partition coefficient (Wildman–Crippen LogP) is 7.40. The van der Waals surface area contributed by atoms with Crippen LogP contribution < -0.4 is 16.4 Å². The van der Waals surface area contributed by atoms with Gasteiger partial charge in [-0.2, -0.15) is 13.2 Å². The van der Waals surface area contributed by atoms with Gasteiger partial charge in [0.1, 0.15) is 5.82 Å². The molecule has 1 aliphatic carbocycles. The maximum absolute atomic E-state index is 13.5. The normalized spacial score (nSPS) is 13.6. The van der Waals surface area contributed by atoms with E-state index in [0.717, 1.165) is 29.2 Å². The molecule has 0 radical (unpaired) electrons. The molecule has 9 heteroatoms. The van der Waals surface area contributed by atoms with E-state index in [1.54, 1.807) is 43.5 Å². The highest BCUT2D eigenvalue weighted by Gasteiger charge is 2.30. The first-order valence-electron chi connectivity index (χ1n) is 13.5. The standard InChI is InChI=1S/C17H19FN2.C13H13F3N2O.C2H6/c1-12-9-14(6-7-16(12)18)17(20-10-13-4-5-13)15-3-2-8-19-11-15;1-9(13(14,15)16)5-12(8-19)18-11-4-2-3-10(6-11)7-17;1-2/h2-3,6-9,11,13,17,20H,4-5,10H2,1H3;2-6,8,18H,1,7,17H2;1-2H3/b;12-5-;. The van der Waals surface area contributed by atoms with Gasteiger partial charge in [-0.25, -0.2) is 4.39 Å². The molecule has 4 N–H and O–H groups in total. The van der Waals surface area contributed by atoms with E-state index < -0.39 is 11.7 Å². The van der Waals surface area contributed by atoms with Crippen LogP contribution in [-0.4, -0.2) is 24.0 Å². The number of aromatic nitrogens is 1. The van der Waals surface area contributed by atoms with Crippen LogP contribution in [0.2, 0.25) is 0 Å². The van der Waals surface area contributed by atoms with Crippen LogP contribution in [-0.2, 0) is 11.3 Å². The monoisotopic (exact) mass is 570 g/mol. The summed E-state index contributed by atoms with van der Waals surface area (Å²) in [7, 11) is 0. The third-order valence-corrected chi connectivity index (χ3v) is 6.11. The molecule has 0 saturated heterocycles. The number of benzene rings is 2. The van der Waals surface area contributed by atoms with Gasteiger partial charge < -0.3 is 16.4 Å². The van der Waals surface area contributed by atoms with Crippen molar-refractivity contribution in [1.29, 1.82) is 0 Å². The number of aldehydes is 1. The van der Waals surface area contributed by atoms with Crippen LogP contribution in [0, 0.1) is 18.7 Å². The van der Waals surface area contributed by atoms with Crippen molar-refractivity contribution in [3.63, 3.8) is 0 Å². The van der Waals surface area contributed by atoms with E-state index in [4.69, 9.17) is 5.73 Å². The number of nitrogens with one attached hydrogen (secondary N) is 2. The molecule has 5 nitrogen and oxygen atoms in total. The lowest BCUT2D eigenvalue weighted by Crippen LogP contribution is -2.24. The molecule has 0 bridgehead atoms. The Kier molecular flexibility index (Phi) is 13.4. The maximum atomic E-state index is 13.5. The number of halogens is 4. The molecule has 4 rings (SSSR count). The van der Waals surface area contributed by atoms with E-state index in [1.165, 1.54) is 12.8 Å². The molecule has 1 aliphatic rings. The predicted molar refractivity (Wildman–Crippen MR) is 157 cm³/mol. The van der Waals surface area contributed by atoms with Gasteiger partial charge in [0.25, 0.3) is 0 Å². The molecule has 220 valence electrons. The van der Waals surface area contributed by atoms with Crippen molar-refractivity contribution in [2.45, 2.75) is 52.4 Å². The van der Waals surface area contributed by atoms with Crippen LogP contribution in [0.5, 0.6) is 0 Å². The maximum Gasteiger partial charge on any atom is 0.415 e. The van der Waals surface area contributed by atoms with Crippen LogP contribution in [0.15, 0.2) is 90.9 Å². The number of hydrogen-bond acceptors (Lipinski definition) is 5. The largest absolute Gasteiger partial charge is 0.415 e. The third kappa shape index (κ3) is 11.3. The van der Waals surface area contributed by atoms with Gasteiger partial charge >= 0.3 is 6.18 Å². The summed E-state index contributed by atoms with van der Waals surface area (Å²) in [6.07, 6.45) is 2.67. The smallest absolute Gasteiger partial charge is 0.353 e. The van der Waals surface area contributed by atoms with E-state index in [1.807, 2.05) is 38.2 Å². The lowest BCUT2D eigenvalue weighted by molar-refractivity contribution is -0.104. The Bertz CT molecular complexity index is 1290. The number of rotatable bonds is 10. The van der Waals surface area contributed by atoms with Crippen molar-refractivity contribution in [2.24, 2.45) is 11.7 Å². The molecule has 1 atom stereocenters. The lowest BCUT2D eigenvalue weighted by atomic mass is 9.98. The van der Waals surface area contributed by atoms with Crippen LogP contribution >= 0.6 is 0 Å². The Morgan fingerprint density at radius 1 is 1.12 bits per heavy atom. The van der Waals surface area contributed by atoms with Gasteiger partial charge in [0.15, 0.2) is 6.29 Å². The SMILES string of the molecule is C=C(/C=C(/C=O)Nc1cccc(CN)c1)C(F)(F)F.CC.Cc1cc(C(NCC2CC2)c2cccnc2)ccc1F. The number of aryl methyl sites for hydroxylation is 1. The first-order valence-corrected chi connectivity index (χ1v) is 13.5. The van der Waals surface area contributed by atoms with Crippen molar-refractivity contribution in [3.05, 3.63) is 119 Å².